The van der Waals surface area contributed by atoms with Crippen LogP contribution in [0.3, 0.4) is 0 Å². The Morgan fingerprint density at radius 3 is 2.68 bits per heavy atom. The number of carbonyl (C=O) groups is 2. The third kappa shape index (κ3) is 6.44. The van der Waals surface area contributed by atoms with Crippen molar-refractivity contribution in [1.29, 1.82) is 0 Å². The fourth-order valence-electron chi connectivity index (χ4n) is 2.91. The molecule has 3 rings (SSSR count). The molecule has 2 amide bonds. The number of hydrogen-bond donors (Lipinski definition) is 1. The second-order valence-corrected chi connectivity index (χ2v) is 7.66. The van der Waals surface area contributed by atoms with Crippen LogP contribution in [0.5, 0.6) is 0 Å². The Labute approximate surface area is 191 Å². The highest BCUT2D eigenvalue weighted by Crippen LogP contribution is 2.25. The van der Waals surface area contributed by atoms with Crippen molar-refractivity contribution in [3.63, 3.8) is 0 Å². The van der Waals surface area contributed by atoms with Crippen molar-refractivity contribution in [2.75, 3.05) is 18.4 Å². The minimum absolute atomic E-state index is 0.0941. The van der Waals surface area contributed by atoms with E-state index in [9.17, 15) is 9.59 Å². The molecule has 0 spiro atoms. The van der Waals surface area contributed by atoms with Gasteiger partial charge in [-0.25, -0.2) is 4.68 Å². The molecular formula is C23H22Cl2N4O2. The first-order valence-corrected chi connectivity index (χ1v) is 10.5. The highest BCUT2D eigenvalue weighted by molar-refractivity contribution is 6.35. The van der Waals surface area contributed by atoms with Gasteiger partial charge in [-0.2, -0.15) is 5.10 Å². The maximum Gasteiger partial charge on any atom is 0.247 e. The van der Waals surface area contributed by atoms with E-state index in [1.165, 1.54) is 11.0 Å². The molecule has 0 unspecified atom stereocenters. The van der Waals surface area contributed by atoms with Crippen molar-refractivity contribution in [3.8, 4) is 5.69 Å². The predicted molar refractivity (Wildman–Crippen MR) is 125 cm³/mol. The Balaban J connectivity index is 1.64. The summed E-state index contributed by atoms with van der Waals surface area (Å²) in [5.74, 6) is -0.613. The molecule has 1 heterocycles. The number of anilines is 1. The SMILES string of the molecule is CCCN(CC(=O)Nc1cc(Cl)ccc1Cl)C(=O)/C=C/c1cnn(-c2ccccc2)c1. The van der Waals surface area contributed by atoms with E-state index in [-0.39, 0.29) is 18.4 Å². The van der Waals surface area contributed by atoms with Gasteiger partial charge in [-0.1, -0.05) is 48.3 Å². The molecule has 3 aromatic rings. The van der Waals surface area contributed by atoms with Crippen molar-refractivity contribution in [1.82, 2.24) is 14.7 Å². The van der Waals surface area contributed by atoms with Crippen molar-refractivity contribution < 1.29 is 9.59 Å². The van der Waals surface area contributed by atoms with Crippen LogP contribution >= 0.6 is 23.2 Å². The minimum atomic E-state index is -0.351. The van der Waals surface area contributed by atoms with Gasteiger partial charge in [-0.05, 0) is 42.8 Å². The lowest BCUT2D eigenvalue weighted by atomic mass is 10.3. The van der Waals surface area contributed by atoms with E-state index >= 15 is 0 Å². The quantitative estimate of drug-likeness (QED) is 0.481. The van der Waals surface area contributed by atoms with E-state index < -0.39 is 0 Å². The summed E-state index contributed by atoms with van der Waals surface area (Å²) < 4.78 is 1.73. The summed E-state index contributed by atoms with van der Waals surface area (Å²) in [5, 5.41) is 7.85. The Hall–Kier alpha value is -3.09. The number of halogens is 2. The van der Waals surface area contributed by atoms with Gasteiger partial charge in [-0.3, -0.25) is 9.59 Å². The van der Waals surface area contributed by atoms with Gasteiger partial charge in [-0.15, -0.1) is 0 Å². The summed E-state index contributed by atoms with van der Waals surface area (Å²) in [6.07, 6.45) is 7.35. The van der Waals surface area contributed by atoms with E-state index in [4.69, 9.17) is 23.2 Å². The predicted octanol–water partition coefficient (Wildman–Crippen LogP) is 5.07. The van der Waals surface area contributed by atoms with Gasteiger partial charge in [0.25, 0.3) is 0 Å². The lowest BCUT2D eigenvalue weighted by Crippen LogP contribution is -2.37. The lowest BCUT2D eigenvalue weighted by molar-refractivity contribution is -0.130. The molecule has 1 aromatic heterocycles. The number of nitrogens with one attached hydrogen (secondary N) is 1. The lowest BCUT2D eigenvalue weighted by Gasteiger charge is -2.20. The molecule has 0 saturated carbocycles. The molecule has 0 aliphatic heterocycles. The zero-order chi connectivity index (χ0) is 22.2. The zero-order valence-electron chi connectivity index (χ0n) is 17.0. The van der Waals surface area contributed by atoms with E-state index in [0.29, 0.717) is 22.3 Å². The number of aromatic nitrogens is 2. The van der Waals surface area contributed by atoms with E-state index in [0.717, 1.165) is 17.7 Å². The fourth-order valence-corrected chi connectivity index (χ4v) is 3.25. The first kappa shape index (κ1) is 22.6. The average Bonchev–Trinajstić information content (AvgIpc) is 3.24. The smallest absolute Gasteiger partial charge is 0.247 e. The molecule has 0 bridgehead atoms. The van der Waals surface area contributed by atoms with E-state index in [1.807, 2.05) is 43.5 Å². The highest BCUT2D eigenvalue weighted by atomic mass is 35.5. The van der Waals surface area contributed by atoms with Gasteiger partial charge in [0.15, 0.2) is 0 Å². The van der Waals surface area contributed by atoms with Crippen LogP contribution in [0.1, 0.15) is 18.9 Å². The molecule has 0 saturated heterocycles. The number of hydrogen-bond acceptors (Lipinski definition) is 3. The molecule has 0 aliphatic rings. The standard InChI is InChI=1S/C23H22Cl2N4O2/c1-2-12-28(16-22(30)27-21-13-18(24)9-10-20(21)25)23(31)11-8-17-14-26-29(15-17)19-6-4-3-5-7-19/h3-11,13-15H,2,12,16H2,1H3,(H,27,30)/b11-8+. The Morgan fingerprint density at radius 1 is 1.16 bits per heavy atom. The number of para-hydroxylation sites is 1. The van der Waals surface area contributed by atoms with Crippen LogP contribution in [-0.2, 0) is 9.59 Å². The summed E-state index contributed by atoms with van der Waals surface area (Å²) in [5.41, 5.74) is 2.12. The maximum atomic E-state index is 12.7. The molecule has 6 nitrogen and oxygen atoms in total. The zero-order valence-corrected chi connectivity index (χ0v) is 18.5. The van der Waals surface area contributed by atoms with Crippen molar-refractivity contribution >= 4 is 46.8 Å². The van der Waals surface area contributed by atoms with Gasteiger partial charge >= 0.3 is 0 Å². The second kappa shape index (κ2) is 10.8. The molecule has 0 radical (unpaired) electrons. The molecule has 0 aliphatic carbocycles. The molecule has 31 heavy (non-hydrogen) atoms. The Bertz CT molecular complexity index is 1080. The van der Waals surface area contributed by atoms with Gasteiger partial charge in [0.2, 0.25) is 11.8 Å². The molecule has 0 atom stereocenters. The first-order chi connectivity index (χ1) is 15.0. The third-order valence-corrected chi connectivity index (χ3v) is 4.95. The second-order valence-electron chi connectivity index (χ2n) is 6.82. The highest BCUT2D eigenvalue weighted by Gasteiger charge is 2.15. The van der Waals surface area contributed by atoms with Crippen molar-refractivity contribution in [2.24, 2.45) is 0 Å². The van der Waals surface area contributed by atoms with Crippen molar-refractivity contribution in [3.05, 3.63) is 82.6 Å². The van der Waals surface area contributed by atoms with E-state index in [2.05, 4.69) is 10.4 Å². The van der Waals surface area contributed by atoms with Crippen LogP contribution < -0.4 is 5.32 Å². The summed E-state index contributed by atoms with van der Waals surface area (Å²) in [6.45, 7) is 2.30. The van der Waals surface area contributed by atoms with Gasteiger partial charge in [0, 0.05) is 29.4 Å². The van der Waals surface area contributed by atoms with Crippen LogP contribution in [0.15, 0.2) is 67.0 Å². The largest absolute Gasteiger partial charge is 0.330 e. The Morgan fingerprint density at radius 2 is 1.94 bits per heavy atom. The topological polar surface area (TPSA) is 67.2 Å². The molecule has 1 N–H and O–H groups in total. The molecular weight excluding hydrogens is 435 g/mol. The summed E-state index contributed by atoms with van der Waals surface area (Å²) >= 11 is 12.0. The van der Waals surface area contributed by atoms with Crippen LogP contribution in [0, 0.1) is 0 Å². The minimum Gasteiger partial charge on any atom is -0.330 e. The number of nitrogens with zero attached hydrogens (tertiary/aromatic N) is 3. The fraction of sp³-hybridized carbons (Fsp3) is 0.174. The number of amides is 2. The molecule has 0 fully saturated rings. The van der Waals surface area contributed by atoms with Crippen molar-refractivity contribution in [2.45, 2.75) is 13.3 Å². The maximum absolute atomic E-state index is 12.7. The van der Waals surface area contributed by atoms with Crippen LogP contribution in [0.25, 0.3) is 11.8 Å². The van der Waals surface area contributed by atoms with Gasteiger partial charge in [0.1, 0.15) is 6.54 Å². The number of carbonyl (C=O) groups excluding carboxylic acids is 2. The molecule has 2 aromatic carbocycles. The summed E-state index contributed by atoms with van der Waals surface area (Å²) in [4.78, 5) is 26.6. The van der Waals surface area contributed by atoms with Crippen LogP contribution in [0.2, 0.25) is 10.0 Å². The monoisotopic (exact) mass is 456 g/mol. The molecule has 160 valence electrons. The van der Waals surface area contributed by atoms with E-state index in [1.54, 1.807) is 35.2 Å². The number of rotatable bonds is 8. The van der Waals surface area contributed by atoms with Crippen LogP contribution in [-0.4, -0.2) is 39.6 Å². The normalized spacial score (nSPS) is 10.9. The first-order valence-electron chi connectivity index (χ1n) is 9.78. The van der Waals surface area contributed by atoms with Crippen LogP contribution in [0.4, 0.5) is 5.69 Å². The van der Waals surface area contributed by atoms with Gasteiger partial charge in [0.05, 0.1) is 22.6 Å². The number of benzene rings is 2. The average molecular weight is 457 g/mol. The molecule has 8 heteroatoms. The third-order valence-electron chi connectivity index (χ3n) is 4.38. The van der Waals surface area contributed by atoms with Gasteiger partial charge < -0.3 is 10.2 Å². The Kier molecular flexibility index (Phi) is 7.87. The summed E-state index contributed by atoms with van der Waals surface area (Å²) in [7, 11) is 0. The summed E-state index contributed by atoms with van der Waals surface area (Å²) in [6, 6.07) is 14.5.